The number of rotatable bonds is 3. The van der Waals surface area contributed by atoms with E-state index in [1.54, 1.807) is 5.56 Å². The van der Waals surface area contributed by atoms with Crippen molar-refractivity contribution in [2.45, 2.75) is 148 Å². The normalized spacial score (nSPS) is 21.7. The highest BCUT2D eigenvalue weighted by Gasteiger charge is 2.63. The SMILES string of the molecule is CC(C)(C)c1ccc(N2C3=C(B4c5cc(C(C)(C)C)cc6c5N(c5cc(-c7ccccc7)cc2c54)C2(C)CCCCC62C)C(C)(C)c2cc(C(C)(C)C)ccc23)c(-c2ccccc2)c1. The van der Waals surface area contributed by atoms with Gasteiger partial charge in [-0.15, -0.1) is 0 Å². The highest BCUT2D eigenvalue weighted by Crippen LogP contribution is 2.64. The van der Waals surface area contributed by atoms with E-state index in [2.05, 4.69) is 221 Å². The zero-order valence-electron chi connectivity index (χ0n) is 40.8. The van der Waals surface area contributed by atoms with Gasteiger partial charge >= 0.3 is 0 Å². The molecule has 2 aliphatic carbocycles. The Bertz CT molecular complexity index is 2950. The van der Waals surface area contributed by atoms with E-state index in [-0.39, 0.29) is 39.3 Å². The molecule has 64 heavy (non-hydrogen) atoms. The molecule has 1 fully saturated rings. The molecule has 3 aliphatic heterocycles. The first-order chi connectivity index (χ1) is 30.1. The largest absolute Gasteiger partial charge is 0.335 e. The Morgan fingerprint density at radius 3 is 1.73 bits per heavy atom. The molecule has 2 atom stereocenters. The van der Waals surface area contributed by atoms with Gasteiger partial charge in [0.05, 0.1) is 11.2 Å². The molecule has 0 aromatic heterocycles. The maximum atomic E-state index is 2.92. The Balaban J connectivity index is 1.33. The molecule has 0 amide bonds. The highest BCUT2D eigenvalue weighted by molar-refractivity contribution is 6.96. The van der Waals surface area contributed by atoms with E-state index in [1.807, 2.05) is 0 Å². The van der Waals surface area contributed by atoms with Crippen molar-refractivity contribution in [1.29, 1.82) is 0 Å². The number of fused-ring (bicyclic) bond motifs is 8. The summed E-state index contributed by atoms with van der Waals surface area (Å²) in [5, 5.41) is 0. The molecule has 0 spiro atoms. The molecule has 6 aromatic carbocycles. The number of nitrogens with zero attached hydrogens (tertiary/aromatic N) is 2. The predicted molar refractivity (Wildman–Crippen MR) is 276 cm³/mol. The molecule has 1 saturated carbocycles. The zero-order chi connectivity index (χ0) is 45.1. The van der Waals surface area contributed by atoms with Crippen LogP contribution in [0.3, 0.4) is 0 Å². The van der Waals surface area contributed by atoms with Crippen LogP contribution in [0.2, 0.25) is 0 Å². The summed E-state index contributed by atoms with van der Waals surface area (Å²) in [5.74, 6) is 0. The van der Waals surface area contributed by atoms with Gasteiger partial charge in [0.1, 0.15) is 0 Å². The van der Waals surface area contributed by atoms with E-state index >= 15 is 0 Å². The van der Waals surface area contributed by atoms with Crippen LogP contribution in [0.15, 0.2) is 127 Å². The Morgan fingerprint density at radius 2 is 1.08 bits per heavy atom. The molecule has 0 radical (unpaired) electrons. The number of allylic oxidation sites excluding steroid dienone is 1. The third kappa shape index (κ3) is 5.64. The van der Waals surface area contributed by atoms with Crippen molar-refractivity contribution in [2.24, 2.45) is 0 Å². The van der Waals surface area contributed by atoms with Crippen molar-refractivity contribution in [3.05, 3.63) is 160 Å². The highest BCUT2D eigenvalue weighted by atomic mass is 15.3. The summed E-state index contributed by atoms with van der Waals surface area (Å²) in [5.41, 5.74) is 24.6. The van der Waals surface area contributed by atoms with Crippen molar-refractivity contribution in [3.63, 3.8) is 0 Å². The molecule has 3 heterocycles. The van der Waals surface area contributed by atoms with E-state index < -0.39 is 0 Å². The number of hydrogen-bond donors (Lipinski definition) is 0. The Kier molecular flexibility index (Phi) is 8.68. The van der Waals surface area contributed by atoms with Gasteiger partial charge in [-0.3, -0.25) is 0 Å². The van der Waals surface area contributed by atoms with Crippen LogP contribution in [0, 0.1) is 0 Å². The van der Waals surface area contributed by atoms with Crippen molar-refractivity contribution in [2.75, 3.05) is 9.80 Å². The first-order valence-electron chi connectivity index (χ1n) is 24.3. The van der Waals surface area contributed by atoms with Crippen LogP contribution in [-0.4, -0.2) is 12.3 Å². The topological polar surface area (TPSA) is 6.48 Å². The average molecular weight is 839 g/mol. The molecule has 3 heteroatoms. The summed E-state index contributed by atoms with van der Waals surface area (Å²) in [6.07, 6.45) is 4.91. The van der Waals surface area contributed by atoms with Crippen LogP contribution in [0.4, 0.5) is 22.7 Å². The zero-order valence-corrected chi connectivity index (χ0v) is 40.8. The van der Waals surface area contributed by atoms with E-state index in [9.17, 15) is 0 Å². The maximum absolute atomic E-state index is 2.92. The lowest BCUT2D eigenvalue weighted by molar-refractivity contribution is 0.195. The van der Waals surface area contributed by atoms with Crippen LogP contribution < -0.4 is 20.7 Å². The third-order valence-corrected chi connectivity index (χ3v) is 16.9. The van der Waals surface area contributed by atoms with Crippen molar-refractivity contribution in [3.8, 4) is 22.3 Å². The number of anilines is 4. The molecule has 2 unspecified atom stereocenters. The molecule has 11 rings (SSSR count). The minimum absolute atomic E-state index is 0.00623. The van der Waals surface area contributed by atoms with Crippen LogP contribution in [0.1, 0.15) is 149 Å². The predicted octanol–water partition coefficient (Wildman–Crippen LogP) is 15.0. The van der Waals surface area contributed by atoms with Crippen LogP contribution in [0.5, 0.6) is 0 Å². The Hall–Kier alpha value is -5.28. The van der Waals surface area contributed by atoms with Gasteiger partial charge in [0.25, 0.3) is 0 Å². The number of hydrogen-bond acceptors (Lipinski definition) is 2. The van der Waals surface area contributed by atoms with Gasteiger partial charge in [0.15, 0.2) is 0 Å². The summed E-state index contributed by atoms with van der Waals surface area (Å²) in [6, 6.07) is 47.8. The molecular formula is C61H67BN2. The summed E-state index contributed by atoms with van der Waals surface area (Å²) < 4.78 is 0. The summed E-state index contributed by atoms with van der Waals surface area (Å²) in [6.45, 7) is 31.8. The smallest absolute Gasteiger partial charge is 0.248 e. The van der Waals surface area contributed by atoms with E-state index in [1.165, 1.54) is 121 Å². The molecule has 2 nitrogen and oxygen atoms in total. The lowest BCUT2D eigenvalue weighted by Gasteiger charge is -2.53. The second-order valence-electron chi connectivity index (χ2n) is 24.2. The lowest BCUT2D eigenvalue weighted by Crippen LogP contribution is -2.62. The fourth-order valence-electron chi connectivity index (χ4n) is 12.9. The first-order valence-corrected chi connectivity index (χ1v) is 24.3. The minimum Gasteiger partial charge on any atom is -0.335 e. The molecule has 5 aliphatic rings. The van der Waals surface area contributed by atoms with Gasteiger partial charge in [-0.2, -0.15) is 0 Å². The Morgan fingerprint density at radius 1 is 0.500 bits per heavy atom. The monoisotopic (exact) mass is 839 g/mol. The molecular weight excluding hydrogens is 771 g/mol. The van der Waals surface area contributed by atoms with Gasteiger partial charge in [-0.25, -0.2) is 0 Å². The van der Waals surface area contributed by atoms with Gasteiger partial charge < -0.3 is 9.80 Å². The van der Waals surface area contributed by atoms with Gasteiger partial charge in [-0.1, -0.05) is 198 Å². The molecule has 0 bridgehead atoms. The molecule has 324 valence electrons. The van der Waals surface area contributed by atoms with E-state index in [0.29, 0.717) is 0 Å². The average Bonchev–Trinajstić information content (AvgIpc) is 3.62. The maximum Gasteiger partial charge on any atom is 0.248 e. The molecule has 6 aromatic rings. The van der Waals surface area contributed by atoms with Crippen molar-refractivity contribution in [1.82, 2.24) is 0 Å². The van der Waals surface area contributed by atoms with Crippen molar-refractivity contribution < 1.29 is 0 Å². The fourth-order valence-corrected chi connectivity index (χ4v) is 12.9. The summed E-state index contributed by atoms with van der Waals surface area (Å²) in [7, 11) is 0. The summed E-state index contributed by atoms with van der Waals surface area (Å²) >= 11 is 0. The third-order valence-electron chi connectivity index (χ3n) is 16.9. The molecule has 0 saturated heterocycles. The minimum atomic E-state index is -0.258. The standard InChI is InChI=1S/C61H67BN2/c1-56(2,3)41-27-29-49(45(34-41)39-24-18-15-19-25-39)63-50-32-40(38-22-16-14-17-23-38)33-51-52(50)62(55-53(63)44-28-26-42(57(4,5)6)35-46(44)59(55,10)11)48-37-43(58(7,8)9)36-47-54(48)64(51)61(13)31-21-20-30-60(47,61)12/h14-19,22-29,32-37H,20-21,30-31H2,1-13H3. The van der Waals surface area contributed by atoms with E-state index in [4.69, 9.17) is 0 Å². The van der Waals surface area contributed by atoms with Crippen LogP contribution in [-0.2, 0) is 27.1 Å². The fraction of sp³-hybridized carbons (Fsp3) is 0.377. The van der Waals surface area contributed by atoms with Gasteiger partial charge in [0, 0.05) is 44.7 Å². The first kappa shape index (κ1) is 41.4. The van der Waals surface area contributed by atoms with Gasteiger partial charge in [0.2, 0.25) is 6.71 Å². The van der Waals surface area contributed by atoms with E-state index in [0.717, 1.165) is 0 Å². The number of benzene rings is 6. The summed E-state index contributed by atoms with van der Waals surface area (Å²) in [4.78, 5) is 5.68. The van der Waals surface area contributed by atoms with Crippen LogP contribution >= 0.6 is 0 Å². The lowest BCUT2D eigenvalue weighted by atomic mass is 9.30. The van der Waals surface area contributed by atoms with Crippen molar-refractivity contribution >= 4 is 46.1 Å². The second-order valence-corrected chi connectivity index (χ2v) is 24.2. The molecule has 0 N–H and O–H groups in total. The quantitative estimate of drug-likeness (QED) is 0.164. The van der Waals surface area contributed by atoms with Gasteiger partial charge in [-0.05, 0) is 116 Å². The van der Waals surface area contributed by atoms with Crippen LogP contribution in [0.25, 0.3) is 28.0 Å². The Labute approximate surface area is 384 Å². The second kappa shape index (κ2) is 13.4.